The molecular formula is C15H13NO. The summed E-state index contributed by atoms with van der Waals surface area (Å²) in [6, 6.07) is 15.2. The van der Waals surface area contributed by atoms with Crippen molar-refractivity contribution in [3.05, 3.63) is 59.7 Å². The van der Waals surface area contributed by atoms with Gasteiger partial charge in [0.05, 0.1) is 7.11 Å². The van der Waals surface area contributed by atoms with E-state index in [0.29, 0.717) is 0 Å². The van der Waals surface area contributed by atoms with E-state index in [1.165, 1.54) is 0 Å². The van der Waals surface area contributed by atoms with Crippen LogP contribution in [0.25, 0.3) is 0 Å². The highest BCUT2D eigenvalue weighted by molar-refractivity contribution is 5.50. The predicted molar refractivity (Wildman–Crippen MR) is 69.8 cm³/mol. The second-order valence-corrected chi connectivity index (χ2v) is 3.60. The van der Waals surface area contributed by atoms with Crippen molar-refractivity contribution in [2.75, 3.05) is 12.8 Å². The molecule has 0 fully saturated rings. The molecule has 0 spiro atoms. The molecule has 2 aromatic rings. The van der Waals surface area contributed by atoms with Crippen LogP contribution >= 0.6 is 0 Å². The Hall–Kier alpha value is -2.40. The van der Waals surface area contributed by atoms with Crippen molar-refractivity contribution >= 4 is 5.69 Å². The summed E-state index contributed by atoms with van der Waals surface area (Å²) in [6.07, 6.45) is 0. The highest BCUT2D eigenvalue weighted by atomic mass is 16.5. The van der Waals surface area contributed by atoms with Gasteiger partial charge in [0.1, 0.15) is 5.75 Å². The number of benzene rings is 2. The van der Waals surface area contributed by atoms with Gasteiger partial charge in [-0.1, -0.05) is 17.9 Å². The smallest absolute Gasteiger partial charge is 0.118 e. The van der Waals surface area contributed by atoms with Gasteiger partial charge in [-0.15, -0.1) is 0 Å². The number of hydrogen-bond acceptors (Lipinski definition) is 2. The molecule has 2 rings (SSSR count). The first-order valence-electron chi connectivity index (χ1n) is 5.29. The molecular weight excluding hydrogens is 210 g/mol. The third-order valence-corrected chi connectivity index (χ3v) is 2.33. The summed E-state index contributed by atoms with van der Waals surface area (Å²) in [5, 5.41) is 0. The van der Waals surface area contributed by atoms with Gasteiger partial charge >= 0.3 is 0 Å². The predicted octanol–water partition coefficient (Wildman–Crippen LogP) is 2.68. The molecule has 0 unspecified atom stereocenters. The maximum Gasteiger partial charge on any atom is 0.118 e. The van der Waals surface area contributed by atoms with Gasteiger partial charge < -0.3 is 10.5 Å². The molecule has 0 aliphatic rings. The van der Waals surface area contributed by atoms with Crippen LogP contribution in [0.3, 0.4) is 0 Å². The standard InChI is InChI=1S/C15H13NO/c1-17-15-9-7-12(8-10-15)5-6-13-3-2-4-14(16)11-13/h2-4,7-11H,16H2,1H3. The minimum absolute atomic E-state index is 0.728. The normalized spacial score (nSPS) is 9.24. The molecule has 2 nitrogen and oxygen atoms in total. The van der Waals surface area contributed by atoms with Crippen LogP contribution in [0.1, 0.15) is 11.1 Å². The maximum atomic E-state index is 5.68. The average Bonchev–Trinajstić information content (AvgIpc) is 2.37. The van der Waals surface area contributed by atoms with E-state index in [0.717, 1.165) is 22.6 Å². The average molecular weight is 223 g/mol. The lowest BCUT2D eigenvalue weighted by molar-refractivity contribution is 0.415. The molecule has 0 radical (unpaired) electrons. The number of nitrogen functional groups attached to an aromatic ring is 1. The number of methoxy groups -OCH3 is 1. The Labute approximate surface area is 101 Å². The molecule has 0 saturated heterocycles. The summed E-state index contributed by atoms with van der Waals surface area (Å²) in [6.45, 7) is 0. The lowest BCUT2D eigenvalue weighted by Gasteiger charge is -1.97. The Morgan fingerprint density at radius 2 is 1.65 bits per heavy atom. The summed E-state index contributed by atoms with van der Waals surface area (Å²) >= 11 is 0. The summed E-state index contributed by atoms with van der Waals surface area (Å²) < 4.78 is 5.08. The first kappa shape index (κ1) is 11.1. The Kier molecular flexibility index (Phi) is 3.32. The van der Waals surface area contributed by atoms with Gasteiger partial charge in [-0.2, -0.15) is 0 Å². The van der Waals surface area contributed by atoms with E-state index in [1.807, 2.05) is 48.5 Å². The van der Waals surface area contributed by atoms with Gasteiger partial charge in [0.25, 0.3) is 0 Å². The van der Waals surface area contributed by atoms with Crippen LogP contribution in [-0.2, 0) is 0 Å². The van der Waals surface area contributed by atoms with Crippen molar-refractivity contribution < 1.29 is 4.74 Å². The number of ether oxygens (including phenoxy) is 1. The fourth-order valence-electron chi connectivity index (χ4n) is 1.44. The van der Waals surface area contributed by atoms with Crippen LogP contribution in [-0.4, -0.2) is 7.11 Å². The number of nitrogens with two attached hydrogens (primary N) is 1. The molecule has 2 N–H and O–H groups in total. The minimum Gasteiger partial charge on any atom is -0.497 e. The van der Waals surface area contributed by atoms with E-state index < -0.39 is 0 Å². The summed E-state index contributed by atoms with van der Waals surface area (Å²) in [5.41, 5.74) is 8.28. The van der Waals surface area contributed by atoms with Crippen molar-refractivity contribution in [2.45, 2.75) is 0 Å². The van der Waals surface area contributed by atoms with Crippen molar-refractivity contribution in [1.82, 2.24) is 0 Å². The van der Waals surface area contributed by atoms with Gasteiger partial charge in [0.2, 0.25) is 0 Å². The molecule has 84 valence electrons. The molecule has 0 heterocycles. The molecule has 0 atom stereocenters. The highest BCUT2D eigenvalue weighted by Crippen LogP contribution is 2.10. The van der Waals surface area contributed by atoms with Crippen molar-refractivity contribution in [3.8, 4) is 17.6 Å². The van der Waals surface area contributed by atoms with Crippen LogP contribution in [0.4, 0.5) is 5.69 Å². The van der Waals surface area contributed by atoms with Crippen LogP contribution in [0.5, 0.6) is 5.75 Å². The van der Waals surface area contributed by atoms with Crippen molar-refractivity contribution in [1.29, 1.82) is 0 Å². The molecule has 0 bridgehead atoms. The van der Waals surface area contributed by atoms with E-state index in [1.54, 1.807) is 7.11 Å². The lowest BCUT2D eigenvalue weighted by atomic mass is 10.1. The molecule has 0 aliphatic carbocycles. The number of rotatable bonds is 1. The molecule has 0 aromatic heterocycles. The van der Waals surface area contributed by atoms with Crippen LogP contribution in [0.15, 0.2) is 48.5 Å². The van der Waals surface area contributed by atoms with Gasteiger partial charge in [-0.05, 0) is 42.5 Å². The molecule has 0 saturated carbocycles. The molecule has 0 aliphatic heterocycles. The summed E-state index contributed by atoms with van der Waals surface area (Å²) in [5.74, 6) is 6.98. The number of hydrogen-bond donors (Lipinski definition) is 1. The van der Waals surface area contributed by atoms with Gasteiger partial charge in [0, 0.05) is 16.8 Å². The SMILES string of the molecule is COc1ccc(C#Cc2cccc(N)c2)cc1. The van der Waals surface area contributed by atoms with Crippen LogP contribution in [0, 0.1) is 11.8 Å². The molecule has 0 amide bonds. The topological polar surface area (TPSA) is 35.2 Å². The Morgan fingerprint density at radius 1 is 0.941 bits per heavy atom. The zero-order valence-electron chi connectivity index (χ0n) is 9.60. The van der Waals surface area contributed by atoms with Gasteiger partial charge in [0.15, 0.2) is 0 Å². The zero-order chi connectivity index (χ0) is 12.1. The van der Waals surface area contributed by atoms with E-state index in [2.05, 4.69) is 11.8 Å². The minimum atomic E-state index is 0.728. The Bertz CT molecular complexity index is 561. The third-order valence-electron chi connectivity index (χ3n) is 2.33. The van der Waals surface area contributed by atoms with E-state index in [4.69, 9.17) is 10.5 Å². The Morgan fingerprint density at radius 3 is 2.29 bits per heavy atom. The fraction of sp³-hybridized carbons (Fsp3) is 0.0667. The van der Waals surface area contributed by atoms with E-state index in [9.17, 15) is 0 Å². The molecule has 2 heteroatoms. The second-order valence-electron chi connectivity index (χ2n) is 3.60. The quantitative estimate of drug-likeness (QED) is 0.596. The van der Waals surface area contributed by atoms with Gasteiger partial charge in [-0.25, -0.2) is 0 Å². The fourth-order valence-corrected chi connectivity index (χ4v) is 1.44. The zero-order valence-corrected chi connectivity index (χ0v) is 9.60. The number of anilines is 1. The second kappa shape index (κ2) is 5.09. The van der Waals surface area contributed by atoms with E-state index >= 15 is 0 Å². The van der Waals surface area contributed by atoms with Crippen LogP contribution in [0.2, 0.25) is 0 Å². The highest BCUT2D eigenvalue weighted by Gasteiger charge is 1.90. The monoisotopic (exact) mass is 223 g/mol. The first-order valence-corrected chi connectivity index (χ1v) is 5.29. The van der Waals surface area contributed by atoms with E-state index in [-0.39, 0.29) is 0 Å². The van der Waals surface area contributed by atoms with Crippen LogP contribution < -0.4 is 10.5 Å². The Balaban J connectivity index is 2.20. The van der Waals surface area contributed by atoms with Crippen molar-refractivity contribution in [2.24, 2.45) is 0 Å². The van der Waals surface area contributed by atoms with Gasteiger partial charge in [-0.3, -0.25) is 0 Å². The maximum absolute atomic E-state index is 5.68. The third kappa shape index (κ3) is 3.02. The lowest BCUT2D eigenvalue weighted by Crippen LogP contribution is -1.84. The first-order chi connectivity index (χ1) is 8.28. The van der Waals surface area contributed by atoms with Crippen molar-refractivity contribution in [3.63, 3.8) is 0 Å². The molecule has 2 aromatic carbocycles. The molecule has 17 heavy (non-hydrogen) atoms. The largest absolute Gasteiger partial charge is 0.497 e. The summed E-state index contributed by atoms with van der Waals surface area (Å²) in [4.78, 5) is 0. The summed E-state index contributed by atoms with van der Waals surface area (Å²) in [7, 11) is 1.65.